The molecule has 19 heavy (non-hydrogen) atoms. The van der Waals surface area contributed by atoms with Crippen LogP contribution >= 0.6 is 11.6 Å². The number of alkyl halides is 3. The molecule has 0 bridgehead atoms. The molecule has 0 unspecified atom stereocenters. The lowest BCUT2D eigenvalue weighted by Crippen LogP contribution is -2.32. The molecule has 0 spiro atoms. The van der Waals surface area contributed by atoms with Gasteiger partial charge in [0.15, 0.2) is 0 Å². The summed E-state index contributed by atoms with van der Waals surface area (Å²) >= 11 is 5.68. The van der Waals surface area contributed by atoms with Gasteiger partial charge in [-0.1, -0.05) is 19.1 Å². The summed E-state index contributed by atoms with van der Waals surface area (Å²) in [6, 6.07) is 4.85. The molecule has 0 aliphatic carbocycles. The Labute approximate surface area is 117 Å². The topological polar surface area (TPSA) is 37.4 Å². The molecule has 0 radical (unpaired) electrons. The Kier molecular flexibility index (Phi) is 5.70. The first kappa shape index (κ1) is 16.3. The summed E-state index contributed by atoms with van der Waals surface area (Å²) in [4.78, 5) is 0.0521. The number of hydrogen-bond acceptors (Lipinski definition) is 2. The third-order valence-electron chi connectivity index (χ3n) is 2.75. The summed E-state index contributed by atoms with van der Waals surface area (Å²) in [5.41, 5.74) is 1.23. The molecule has 0 heterocycles. The van der Waals surface area contributed by atoms with Gasteiger partial charge in [-0.05, 0) is 23.6 Å². The molecule has 0 N–H and O–H groups in total. The van der Waals surface area contributed by atoms with Crippen molar-refractivity contribution in [2.45, 2.75) is 30.5 Å². The van der Waals surface area contributed by atoms with Gasteiger partial charge in [0.25, 0.3) is 6.43 Å². The summed E-state index contributed by atoms with van der Waals surface area (Å²) in [6.07, 6.45) is -2.21. The third kappa shape index (κ3) is 3.87. The number of sulfonamides is 1. The van der Waals surface area contributed by atoms with E-state index in [4.69, 9.17) is 11.6 Å². The van der Waals surface area contributed by atoms with E-state index < -0.39 is 23.0 Å². The number of nitrogens with zero attached hydrogens (tertiary/aromatic N) is 1. The molecule has 0 aliphatic rings. The fraction of sp³-hybridized carbons (Fsp3) is 0.500. The minimum atomic E-state index is -3.91. The Morgan fingerprint density at radius 2 is 2.00 bits per heavy atom. The highest BCUT2D eigenvalue weighted by Gasteiger charge is 2.26. The average Bonchev–Trinajstić information content (AvgIpc) is 2.37. The highest BCUT2D eigenvalue weighted by atomic mass is 35.5. The molecule has 0 atom stereocenters. The second-order valence-corrected chi connectivity index (χ2v) is 6.39. The SMILES string of the molecule is CCc1ccc(CCl)cc1S(=O)(=O)N(C)CC(F)F. The summed E-state index contributed by atoms with van der Waals surface area (Å²) < 4.78 is 49.9. The molecule has 1 aromatic carbocycles. The summed E-state index contributed by atoms with van der Waals surface area (Å²) in [6.45, 7) is 0.985. The molecular weight excluding hydrogens is 296 g/mol. The summed E-state index contributed by atoms with van der Waals surface area (Å²) in [5, 5.41) is 0. The zero-order valence-electron chi connectivity index (χ0n) is 10.7. The van der Waals surface area contributed by atoms with Gasteiger partial charge >= 0.3 is 0 Å². The lowest BCUT2D eigenvalue weighted by molar-refractivity contribution is 0.126. The second-order valence-electron chi connectivity index (χ2n) is 4.11. The predicted octanol–water partition coefficient (Wildman–Crippen LogP) is 2.87. The van der Waals surface area contributed by atoms with Crippen LogP contribution in [0, 0.1) is 0 Å². The Balaban J connectivity index is 3.26. The number of rotatable bonds is 6. The first-order chi connectivity index (χ1) is 8.82. The van der Waals surface area contributed by atoms with Gasteiger partial charge < -0.3 is 0 Å². The molecule has 1 rings (SSSR count). The van der Waals surface area contributed by atoms with E-state index in [1.165, 1.54) is 6.07 Å². The summed E-state index contributed by atoms with van der Waals surface area (Å²) in [7, 11) is -2.77. The van der Waals surface area contributed by atoms with Crippen LogP contribution in [0.3, 0.4) is 0 Å². The Bertz CT molecular complexity index is 535. The standard InChI is InChI=1S/C12H16ClF2NO2S/c1-3-10-5-4-9(7-13)6-11(10)19(17,18)16(2)8-12(14)15/h4-6,12H,3,7-8H2,1-2H3. The van der Waals surface area contributed by atoms with Gasteiger partial charge in [0.05, 0.1) is 11.4 Å². The van der Waals surface area contributed by atoms with Gasteiger partial charge in [0.2, 0.25) is 10.0 Å². The fourth-order valence-corrected chi connectivity index (χ4v) is 3.33. The van der Waals surface area contributed by atoms with E-state index in [1.807, 2.05) is 6.92 Å². The van der Waals surface area contributed by atoms with Gasteiger partial charge in [-0.3, -0.25) is 0 Å². The number of halogens is 3. The van der Waals surface area contributed by atoms with Crippen molar-refractivity contribution in [3.8, 4) is 0 Å². The first-order valence-corrected chi connectivity index (χ1v) is 7.72. The Hall–Kier alpha value is -0.720. The van der Waals surface area contributed by atoms with Crippen LogP contribution in [0.4, 0.5) is 8.78 Å². The van der Waals surface area contributed by atoms with Gasteiger partial charge in [-0.2, -0.15) is 4.31 Å². The average molecular weight is 312 g/mol. The maximum absolute atomic E-state index is 12.3. The number of benzene rings is 1. The molecule has 0 amide bonds. The van der Waals surface area contributed by atoms with Crippen molar-refractivity contribution in [2.24, 2.45) is 0 Å². The zero-order chi connectivity index (χ0) is 14.6. The van der Waals surface area contributed by atoms with Crippen molar-refractivity contribution in [3.05, 3.63) is 29.3 Å². The van der Waals surface area contributed by atoms with Crippen LogP contribution in [0.1, 0.15) is 18.1 Å². The Morgan fingerprint density at radius 1 is 1.37 bits per heavy atom. The third-order valence-corrected chi connectivity index (χ3v) is 4.96. The maximum atomic E-state index is 12.3. The van der Waals surface area contributed by atoms with Crippen LogP contribution in [-0.2, 0) is 22.3 Å². The van der Waals surface area contributed by atoms with Crippen molar-refractivity contribution in [3.63, 3.8) is 0 Å². The quantitative estimate of drug-likeness (QED) is 0.758. The van der Waals surface area contributed by atoms with Crippen molar-refractivity contribution < 1.29 is 17.2 Å². The van der Waals surface area contributed by atoms with E-state index in [0.29, 0.717) is 21.9 Å². The maximum Gasteiger partial charge on any atom is 0.252 e. The van der Waals surface area contributed by atoms with Crippen LogP contribution in [0.15, 0.2) is 23.1 Å². The van der Waals surface area contributed by atoms with Gasteiger partial charge in [0, 0.05) is 12.9 Å². The molecule has 0 saturated heterocycles. The molecular formula is C12H16ClF2NO2S. The van der Waals surface area contributed by atoms with Crippen LogP contribution in [0.2, 0.25) is 0 Å². The van der Waals surface area contributed by atoms with E-state index in [0.717, 1.165) is 7.05 Å². The Morgan fingerprint density at radius 3 is 2.47 bits per heavy atom. The van der Waals surface area contributed by atoms with Crippen molar-refractivity contribution in [2.75, 3.05) is 13.6 Å². The molecule has 7 heteroatoms. The van der Waals surface area contributed by atoms with Crippen molar-refractivity contribution in [1.29, 1.82) is 0 Å². The van der Waals surface area contributed by atoms with Crippen LogP contribution in [-0.4, -0.2) is 32.7 Å². The minimum absolute atomic E-state index is 0.0521. The highest BCUT2D eigenvalue weighted by Crippen LogP contribution is 2.23. The molecule has 0 fully saturated rings. The van der Waals surface area contributed by atoms with Crippen LogP contribution in [0.5, 0.6) is 0 Å². The predicted molar refractivity (Wildman–Crippen MR) is 71.2 cm³/mol. The molecule has 0 aliphatic heterocycles. The van der Waals surface area contributed by atoms with E-state index >= 15 is 0 Å². The number of hydrogen-bond donors (Lipinski definition) is 0. The van der Waals surface area contributed by atoms with Crippen molar-refractivity contribution >= 4 is 21.6 Å². The van der Waals surface area contributed by atoms with E-state index in [2.05, 4.69) is 0 Å². The minimum Gasteiger partial charge on any atom is -0.209 e. The fourth-order valence-electron chi connectivity index (χ4n) is 1.67. The van der Waals surface area contributed by atoms with Crippen LogP contribution in [0.25, 0.3) is 0 Å². The summed E-state index contributed by atoms with van der Waals surface area (Å²) in [5.74, 6) is 0.172. The monoisotopic (exact) mass is 311 g/mol. The van der Waals surface area contributed by atoms with Crippen molar-refractivity contribution in [1.82, 2.24) is 4.31 Å². The second kappa shape index (κ2) is 6.63. The first-order valence-electron chi connectivity index (χ1n) is 5.75. The lowest BCUT2D eigenvalue weighted by Gasteiger charge is -2.19. The van der Waals surface area contributed by atoms with E-state index in [-0.39, 0.29) is 10.8 Å². The lowest BCUT2D eigenvalue weighted by atomic mass is 10.1. The van der Waals surface area contributed by atoms with Gasteiger partial charge in [-0.15, -0.1) is 11.6 Å². The zero-order valence-corrected chi connectivity index (χ0v) is 12.3. The highest BCUT2D eigenvalue weighted by molar-refractivity contribution is 7.89. The number of aryl methyl sites for hydroxylation is 1. The molecule has 108 valence electrons. The van der Waals surface area contributed by atoms with Gasteiger partial charge in [-0.25, -0.2) is 17.2 Å². The normalized spacial score (nSPS) is 12.4. The smallest absolute Gasteiger partial charge is 0.209 e. The molecule has 0 aromatic heterocycles. The van der Waals surface area contributed by atoms with Gasteiger partial charge in [0.1, 0.15) is 0 Å². The van der Waals surface area contributed by atoms with E-state index in [9.17, 15) is 17.2 Å². The molecule has 1 aromatic rings. The largest absolute Gasteiger partial charge is 0.252 e. The van der Waals surface area contributed by atoms with Crippen LogP contribution < -0.4 is 0 Å². The molecule has 0 saturated carbocycles. The molecule has 3 nitrogen and oxygen atoms in total. The van der Waals surface area contributed by atoms with E-state index in [1.54, 1.807) is 12.1 Å².